The van der Waals surface area contributed by atoms with Gasteiger partial charge in [0.2, 0.25) is 0 Å². The van der Waals surface area contributed by atoms with E-state index >= 15 is 0 Å². The molecular formula is C18H23F2IN4O. The molecule has 26 heavy (non-hydrogen) atoms. The predicted molar refractivity (Wildman–Crippen MR) is 109 cm³/mol. The van der Waals surface area contributed by atoms with Crippen LogP contribution in [0.15, 0.2) is 47.5 Å². The van der Waals surface area contributed by atoms with E-state index in [1.54, 1.807) is 18.2 Å². The maximum Gasteiger partial charge on any atom is 0.387 e. The molecule has 2 N–H and O–H groups in total. The number of aromatic nitrogens is 1. The summed E-state index contributed by atoms with van der Waals surface area (Å²) in [5.41, 5.74) is 2.43. The van der Waals surface area contributed by atoms with Crippen LogP contribution in [0.4, 0.5) is 8.78 Å². The highest BCUT2D eigenvalue weighted by molar-refractivity contribution is 14.0. The number of hydrogen-bond acceptors (Lipinski definition) is 3. The van der Waals surface area contributed by atoms with Crippen molar-refractivity contribution in [1.29, 1.82) is 0 Å². The highest BCUT2D eigenvalue weighted by atomic mass is 127. The summed E-state index contributed by atoms with van der Waals surface area (Å²) in [6.07, 6.45) is 0. The Labute approximate surface area is 169 Å². The van der Waals surface area contributed by atoms with Gasteiger partial charge in [-0.3, -0.25) is 4.98 Å². The van der Waals surface area contributed by atoms with Crippen molar-refractivity contribution in [2.75, 3.05) is 6.54 Å². The molecule has 1 aromatic heterocycles. The molecule has 0 saturated carbocycles. The molecular weight excluding hydrogens is 453 g/mol. The number of pyridine rings is 1. The monoisotopic (exact) mass is 476 g/mol. The lowest BCUT2D eigenvalue weighted by Crippen LogP contribution is -2.37. The predicted octanol–water partition coefficient (Wildman–Crippen LogP) is 3.86. The fourth-order valence-corrected chi connectivity index (χ4v) is 2.22. The van der Waals surface area contributed by atoms with Crippen molar-refractivity contribution in [2.45, 2.75) is 33.5 Å². The van der Waals surface area contributed by atoms with E-state index in [0.717, 1.165) is 11.4 Å². The van der Waals surface area contributed by atoms with Gasteiger partial charge >= 0.3 is 6.61 Å². The van der Waals surface area contributed by atoms with Crippen LogP contribution in [0.1, 0.15) is 23.9 Å². The minimum absolute atomic E-state index is 0. The zero-order valence-corrected chi connectivity index (χ0v) is 17.0. The molecule has 0 atom stereocenters. The van der Waals surface area contributed by atoms with Gasteiger partial charge in [0.15, 0.2) is 5.96 Å². The highest BCUT2D eigenvalue weighted by Gasteiger charge is 2.09. The number of para-hydroxylation sites is 1. The topological polar surface area (TPSA) is 58.5 Å². The van der Waals surface area contributed by atoms with Gasteiger partial charge in [-0.25, -0.2) is 4.99 Å². The fraction of sp³-hybridized carbons (Fsp3) is 0.333. The molecule has 1 heterocycles. The van der Waals surface area contributed by atoms with Crippen LogP contribution in [0.2, 0.25) is 0 Å². The van der Waals surface area contributed by atoms with E-state index in [0.29, 0.717) is 24.6 Å². The first-order valence-electron chi connectivity index (χ1n) is 8.06. The summed E-state index contributed by atoms with van der Waals surface area (Å²) in [6.45, 7) is 2.45. The SMILES string of the molecule is CCNC(=NCc1ccccc1OC(F)F)NCc1cccc(C)n1.I. The molecule has 0 aliphatic rings. The van der Waals surface area contributed by atoms with Crippen LogP contribution in [-0.4, -0.2) is 24.1 Å². The molecule has 0 saturated heterocycles. The molecule has 0 amide bonds. The standard InChI is InChI=1S/C18H22F2N4O.HI/c1-3-21-18(23-12-15-9-6-7-13(2)24-15)22-11-14-8-4-5-10-16(14)25-17(19)20;/h4-10,17H,3,11-12H2,1-2H3,(H2,21,22,23);1H. The molecule has 2 rings (SSSR count). The second kappa shape index (κ2) is 11.6. The minimum atomic E-state index is -2.86. The van der Waals surface area contributed by atoms with Crippen LogP contribution in [-0.2, 0) is 13.1 Å². The average Bonchev–Trinajstić information content (AvgIpc) is 2.58. The lowest BCUT2D eigenvalue weighted by atomic mass is 10.2. The van der Waals surface area contributed by atoms with Gasteiger partial charge in [-0.2, -0.15) is 8.78 Å². The first-order valence-corrected chi connectivity index (χ1v) is 8.06. The van der Waals surface area contributed by atoms with Gasteiger partial charge in [-0.15, -0.1) is 24.0 Å². The number of rotatable bonds is 7. The normalized spacial score (nSPS) is 11.0. The van der Waals surface area contributed by atoms with E-state index < -0.39 is 6.61 Å². The number of guanidine groups is 1. The molecule has 0 aliphatic heterocycles. The number of alkyl halides is 2. The van der Waals surface area contributed by atoms with Crippen LogP contribution in [0.25, 0.3) is 0 Å². The third-order valence-electron chi connectivity index (χ3n) is 3.32. The number of halogens is 3. The Morgan fingerprint density at radius 1 is 1.15 bits per heavy atom. The molecule has 5 nitrogen and oxygen atoms in total. The molecule has 0 aliphatic carbocycles. The highest BCUT2D eigenvalue weighted by Crippen LogP contribution is 2.20. The van der Waals surface area contributed by atoms with Crippen LogP contribution >= 0.6 is 24.0 Å². The van der Waals surface area contributed by atoms with E-state index in [9.17, 15) is 8.78 Å². The Bertz CT molecular complexity index is 713. The second-order valence-electron chi connectivity index (χ2n) is 5.31. The molecule has 0 spiro atoms. The van der Waals surface area contributed by atoms with Gasteiger partial charge in [0.05, 0.1) is 18.8 Å². The van der Waals surface area contributed by atoms with Crippen LogP contribution < -0.4 is 15.4 Å². The molecule has 0 bridgehead atoms. The van der Waals surface area contributed by atoms with Gasteiger partial charge in [-0.1, -0.05) is 24.3 Å². The zero-order valence-electron chi connectivity index (χ0n) is 14.7. The summed E-state index contributed by atoms with van der Waals surface area (Å²) >= 11 is 0. The minimum Gasteiger partial charge on any atom is -0.434 e. The maximum atomic E-state index is 12.5. The Hall–Kier alpha value is -1.97. The molecule has 8 heteroatoms. The van der Waals surface area contributed by atoms with Crippen molar-refractivity contribution in [3.05, 3.63) is 59.4 Å². The summed E-state index contributed by atoms with van der Waals surface area (Å²) in [4.78, 5) is 8.85. The number of aryl methyl sites for hydroxylation is 1. The lowest BCUT2D eigenvalue weighted by Gasteiger charge is -2.12. The van der Waals surface area contributed by atoms with Gasteiger partial charge in [0, 0.05) is 17.8 Å². The smallest absolute Gasteiger partial charge is 0.387 e. The van der Waals surface area contributed by atoms with Crippen LogP contribution in [0.5, 0.6) is 5.75 Å². The number of nitrogens with one attached hydrogen (secondary N) is 2. The summed E-state index contributed by atoms with van der Waals surface area (Å²) in [6, 6.07) is 12.4. The van der Waals surface area contributed by atoms with E-state index in [2.05, 4.69) is 25.3 Å². The van der Waals surface area contributed by atoms with Gasteiger partial charge < -0.3 is 15.4 Å². The summed E-state index contributed by atoms with van der Waals surface area (Å²) in [5, 5.41) is 6.30. The van der Waals surface area contributed by atoms with E-state index in [1.807, 2.05) is 32.0 Å². The number of ether oxygens (including phenoxy) is 1. The third-order valence-corrected chi connectivity index (χ3v) is 3.32. The Balaban J connectivity index is 0.00000338. The van der Waals surface area contributed by atoms with Crippen LogP contribution in [0, 0.1) is 6.92 Å². The van der Waals surface area contributed by atoms with Crippen molar-refractivity contribution >= 4 is 29.9 Å². The zero-order chi connectivity index (χ0) is 18.1. The number of nitrogens with zero attached hydrogens (tertiary/aromatic N) is 2. The Kier molecular flexibility index (Phi) is 9.85. The largest absolute Gasteiger partial charge is 0.434 e. The first kappa shape index (κ1) is 22.1. The Morgan fingerprint density at radius 3 is 2.62 bits per heavy atom. The molecule has 1 aromatic carbocycles. The summed E-state index contributed by atoms with van der Waals surface area (Å²) in [7, 11) is 0. The first-order chi connectivity index (χ1) is 12.1. The van der Waals surface area contributed by atoms with Crippen molar-refractivity contribution in [1.82, 2.24) is 15.6 Å². The maximum absolute atomic E-state index is 12.5. The van der Waals surface area contributed by atoms with Crippen molar-refractivity contribution in [3.8, 4) is 5.75 Å². The number of hydrogen-bond donors (Lipinski definition) is 2. The van der Waals surface area contributed by atoms with Crippen molar-refractivity contribution in [3.63, 3.8) is 0 Å². The quantitative estimate of drug-likeness (QED) is 0.362. The fourth-order valence-electron chi connectivity index (χ4n) is 2.22. The van der Waals surface area contributed by atoms with Crippen molar-refractivity contribution < 1.29 is 13.5 Å². The number of benzene rings is 1. The molecule has 0 unspecified atom stereocenters. The summed E-state index contributed by atoms with van der Waals surface area (Å²) in [5.74, 6) is 0.718. The van der Waals surface area contributed by atoms with E-state index in [4.69, 9.17) is 0 Å². The number of aliphatic imine (C=N–C) groups is 1. The summed E-state index contributed by atoms with van der Waals surface area (Å²) < 4.78 is 29.5. The molecule has 0 radical (unpaired) electrons. The van der Waals surface area contributed by atoms with E-state index in [1.165, 1.54) is 6.07 Å². The van der Waals surface area contributed by atoms with Crippen molar-refractivity contribution in [2.24, 2.45) is 4.99 Å². The molecule has 0 fully saturated rings. The Morgan fingerprint density at radius 2 is 1.92 bits per heavy atom. The second-order valence-corrected chi connectivity index (χ2v) is 5.31. The van der Waals surface area contributed by atoms with E-state index in [-0.39, 0.29) is 36.3 Å². The van der Waals surface area contributed by atoms with Crippen LogP contribution in [0.3, 0.4) is 0 Å². The lowest BCUT2D eigenvalue weighted by molar-refractivity contribution is -0.0504. The third kappa shape index (κ3) is 7.51. The van der Waals surface area contributed by atoms with Gasteiger partial charge in [-0.05, 0) is 32.0 Å². The van der Waals surface area contributed by atoms with Gasteiger partial charge in [0.25, 0.3) is 0 Å². The molecule has 142 valence electrons. The molecule has 2 aromatic rings. The van der Waals surface area contributed by atoms with Gasteiger partial charge in [0.1, 0.15) is 5.75 Å². The average molecular weight is 476 g/mol.